The molecule has 2 rings (SSSR count). The third-order valence-corrected chi connectivity index (χ3v) is 2.63. The lowest BCUT2D eigenvalue weighted by Gasteiger charge is -2.09. The molecular formula is C12H15NO3. The molecule has 1 aliphatic rings. The van der Waals surface area contributed by atoms with Gasteiger partial charge in [-0.3, -0.25) is 4.79 Å². The Morgan fingerprint density at radius 3 is 3.06 bits per heavy atom. The second-order valence-corrected chi connectivity index (χ2v) is 3.72. The number of fused-ring (bicyclic) bond motifs is 1. The number of nitrogens with one attached hydrogen (secondary N) is 1. The highest BCUT2D eigenvalue weighted by Crippen LogP contribution is 2.36. The summed E-state index contributed by atoms with van der Waals surface area (Å²) in [5.74, 6) is 1.49. The van der Waals surface area contributed by atoms with Gasteiger partial charge in [0.1, 0.15) is 0 Å². The van der Waals surface area contributed by atoms with Crippen LogP contribution in [0.3, 0.4) is 0 Å². The molecule has 0 unspecified atom stereocenters. The second kappa shape index (κ2) is 4.53. The first kappa shape index (κ1) is 11.0. The molecule has 0 aliphatic carbocycles. The largest absolute Gasteiger partial charge is 0.493 e. The number of carbonyl (C=O) groups excluding carboxylic acids is 1. The van der Waals surface area contributed by atoms with Crippen molar-refractivity contribution < 1.29 is 14.3 Å². The summed E-state index contributed by atoms with van der Waals surface area (Å²) >= 11 is 0. The molecule has 0 bridgehead atoms. The van der Waals surface area contributed by atoms with Crippen molar-refractivity contribution in [1.82, 2.24) is 5.32 Å². The summed E-state index contributed by atoms with van der Waals surface area (Å²) in [6.45, 7) is 0.998. The summed E-state index contributed by atoms with van der Waals surface area (Å²) in [4.78, 5) is 11.8. The lowest BCUT2D eigenvalue weighted by Crippen LogP contribution is -2.18. The first-order chi connectivity index (χ1) is 7.76. The molecule has 16 heavy (non-hydrogen) atoms. The highest BCUT2D eigenvalue weighted by atomic mass is 16.5. The van der Waals surface area contributed by atoms with Crippen molar-refractivity contribution >= 4 is 5.78 Å². The van der Waals surface area contributed by atoms with Crippen molar-refractivity contribution in [3.63, 3.8) is 0 Å². The summed E-state index contributed by atoms with van der Waals surface area (Å²) < 4.78 is 10.7. The molecule has 0 fully saturated rings. The number of hydrogen-bond acceptors (Lipinski definition) is 4. The second-order valence-electron chi connectivity index (χ2n) is 3.72. The summed E-state index contributed by atoms with van der Waals surface area (Å²) in [6, 6.07) is 3.63. The Balaban J connectivity index is 2.38. The van der Waals surface area contributed by atoms with Gasteiger partial charge < -0.3 is 14.8 Å². The number of Topliss-reactive ketones (excluding diaryl/α,β-unsaturated/α-hetero) is 1. The molecule has 1 heterocycles. The number of carbonyl (C=O) groups is 1. The summed E-state index contributed by atoms with van der Waals surface area (Å²) in [6.07, 6.45) is 0.840. The predicted molar refractivity (Wildman–Crippen MR) is 60.5 cm³/mol. The Kier molecular flexibility index (Phi) is 3.10. The summed E-state index contributed by atoms with van der Waals surface area (Å²) in [5.41, 5.74) is 1.73. The van der Waals surface area contributed by atoms with Crippen LogP contribution in [0.15, 0.2) is 12.1 Å². The molecule has 4 heteroatoms. The zero-order valence-electron chi connectivity index (χ0n) is 9.50. The topological polar surface area (TPSA) is 47.6 Å². The monoisotopic (exact) mass is 221 g/mol. The van der Waals surface area contributed by atoms with Gasteiger partial charge in [-0.1, -0.05) is 0 Å². The zero-order valence-corrected chi connectivity index (χ0v) is 9.50. The number of ketones is 1. The minimum absolute atomic E-state index is 0.0653. The standard InChI is InChI=1S/C12H15NO3/c1-13-7-10(14)9-5-8-3-4-16-12(8)11(6-9)15-2/h5-6,13H,3-4,7H2,1-2H3. The van der Waals surface area contributed by atoms with Gasteiger partial charge in [0.2, 0.25) is 0 Å². The van der Waals surface area contributed by atoms with E-state index in [-0.39, 0.29) is 5.78 Å². The van der Waals surface area contributed by atoms with Crippen LogP contribution in [0.1, 0.15) is 15.9 Å². The van der Waals surface area contributed by atoms with Crippen LogP contribution in [-0.2, 0) is 6.42 Å². The molecule has 4 nitrogen and oxygen atoms in total. The number of rotatable bonds is 4. The number of benzene rings is 1. The van der Waals surface area contributed by atoms with Crippen LogP contribution in [0.5, 0.6) is 11.5 Å². The number of ether oxygens (including phenoxy) is 2. The van der Waals surface area contributed by atoms with E-state index >= 15 is 0 Å². The molecule has 0 radical (unpaired) electrons. The Labute approximate surface area is 94.6 Å². The van der Waals surface area contributed by atoms with Gasteiger partial charge in [0, 0.05) is 17.5 Å². The number of likely N-dealkylation sites (N-methyl/N-ethyl adjacent to an activating group) is 1. The van der Waals surface area contributed by atoms with E-state index < -0.39 is 0 Å². The third-order valence-electron chi connectivity index (χ3n) is 2.63. The maximum Gasteiger partial charge on any atom is 0.176 e. The van der Waals surface area contributed by atoms with E-state index in [0.29, 0.717) is 24.5 Å². The lowest BCUT2D eigenvalue weighted by molar-refractivity contribution is 0.0993. The molecule has 1 N–H and O–H groups in total. The minimum atomic E-state index is 0.0653. The zero-order chi connectivity index (χ0) is 11.5. The maximum atomic E-state index is 11.8. The molecule has 0 spiro atoms. The average Bonchev–Trinajstić information content (AvgIpc) is 2.75. The molecule has 1 aromatic rings. The van der Waals surface area contributed by atoms with Gasteiger partial charge in [0.05, 0.1) is 20.3 Å². The molecule has 1 aliphatic heterocycles. The average molecular weight is 221 g/mol. The Hall–Kier alpha value is -1.55. The fourth-order valence-corrected chi connectivity index (χ4v) is 1.85. The molecule has 86 valence electrons. The number of methoxy groups -OCH3 is 1. The van der Waals surface area contributed by atoms with Crippen LogP contribution < -0.4 is 14.8 Å². The van der Waals surface area contributed by atoms with Crippen molar-refractivity contribution in [3.8, 4) is 11.5 Å². The van der Waals surface area contributed by atoms with Gasteiger partial charge in [-0.25, -0.2) is 0 Å². The smallest absolute Gasteiger partial charge is 0.176 e. The van der Waals surface area contributed by atoms with Crippen LogP contribution in [0.2, 0.25) is 0 Å². The molecule has 1 aromatic carbocycles. The molecule has 0 saturated carbocycles. The van der Waals surface area contributed by atoms with E-state index in [2.05, 4.69) is 5.32 Å². The van der Waals surface area contributed by atoms with Crippen molar-refractivity contribution in [2.45, 2.75) is 6.42 Å². The summed E-state index contributed by atoms with van der Waals surface area (Å²) in [7, 11) is 3.34. The van der Waals surface area contributed by atoms with E-state index in [1.807, 2.05) is 6.07 Å². The van der Waals surface area contributed by atoms with Gasteiger partial charge in [-0.2, -0.15) is 0 Å². The van der Waals surface area contributed by atoms with Gasteiger partial charge >= 0.3 is 0 Å². The van der Waals surface area contributed by atoms with Crippen LogP contribution in [-0.4, -0.2) is 33.1 Å². The van der Waals surface area contributed by atoms with E-state index in [1.165, 1.54) is 0 Å². The van der Waals surface area contributed by atoms with Crippen LogP contribution in [0.4, 0.5) is 0 Å². The van der Waals surface area contributed by atoms with E-state index in [1.54, 1.807) is 20.2 Å². The Morgan fingerprint density at radius 1 is 1.56 bits per heavy atom. The van der Waals surface area contributed by atoms with Crippen molar-refractivity contribution in [2.24, 2.45) is 0 Å². The normalized spacial score (nSPS) is 13.1. The highest BCUT2D eigenvalue weighted by Gasteiger charge is 2.20. The van der Waals surface area contributed by atoms with Gasteiger partial charge in [0.15, 0.2) is 17.3 Å². The van der Waals surface area contributed by atoms with Crippen molar-refractivity contribution in [2.75, 3.05) is 27.3 Å². The fraction of sp³-hybridized carbons (Fsp3) is 0.417. The van der Waals surface area contributed by atoms with E-state index in [0.717, 1.165) is 17.7 Å². The van der Waals surface area contributed by atoms with Gasteiger partial charge in [-0.05, 0) is 19.2 Å². The molecule has 0 aromatic heterocycles. The van der Waals surface area contributed by atoms with Gasteiger partial charge in [-0.15, -0.1) is 0 Å². The minimum Gasteiger partial charge on any atom is -0.493 e. The first-order valence-electron chi connectivity index (χ1n) is 5.27. The fourth-order valence-electron chi connectivity index (χ4n) is 1.85. The van der Waals surface area contributed by atoms with Crippen molar-refractivity contribution in [1.29, 1.82) is 0 Å². The van der Waals surface area contributed by atoms with E-state index in [4.69, 9.17) is 9.47 Å². The van der Waals surface area contributed by atoms with Gasteiger partial charge in [0.25, 0.3) is 0 Å². The van der Waals surface area contributed by atoms with Crippen LogP contribution in [0.25, 0.3) is 0 Å². The predicted octanol–water partition coefficient (Wildman–Crippen LogP) is 1.03. The van der Waals surface area contributed by atoms with Crippen molar-refractivity contribution in [3.05, 3.63) is 23.3 Å². The quantitative estimate of drug-likeness (QED) is 0.771. The first-order valence-corrected chi connectivity index (χ1v) is 5.27. The summed E-state index contributed by atoms with van der Waals surface area (Å²) in [5, 5.41) is 2.85. The molecule has 0 saturated heterocycles. The number of hydrogen-bond donors (Lipinski definition) is 1. The lowest BCUT2D eigenvalue weighted by atomic mass is 10.0. The highest BCUT2D eigenvalue weighted by molar-refractivity contribution is 5.98. The molecule has 0 amide bonds. The van der Waals surface area contributed by atoms with Crippen LogP contribution >= 0.6 is 0 Å². The molecule has 0 atom stereocenters. The molecular weight excluding hydrogens is 206 g/mol. The Morgan fingerprint density at radius 2 is 2.38 bits per heavy atom. The maximum absolute atomic E-state index is 11.8. The van der Waals surface area contributed by atoms with Crippen LogP contribution in [0, 0.1) is 0 Å². The third kappa shape index (κ3) is 1.88. The SMILES string of the molecule is CNCC(=O)c1cc2c(c(OC)c1)OCC2. The Bertz CT molecular complexity index is 415. The van der Waals surface area contributed by atoms with E-state index in [9.17, 15) is 4.79 Å².